The van der Waals surface area contributed by atoms with Gasteiger partial charge in [-0.2, -0.15) is 0 Å². The Morgan fingerprint density at radius 3 is 2.53 bits per heavy atom. The SMILES string of the molecule is c1ccc(CC2CN(c3nc(-c4ccncc4)c(-c4ccc5ccccc5c4)c4nncn34)CCN2)cc1. The Morgan fingerprint density at radius 1 is 0.842 bits per heavy atom. The summed E-state index contributed by atoms with van der Waals surface area (Å²) in [4.78, 5) is 11.9. The van der Waals surface area contributed by atoms with Crippen LogP contribution >= 0.6 is 0 Å². The van der Waals surface area contributed by atoms with Crippen molar-refractivity contribution in [2.45, 2.75) is 12.5 Å². The maximum absolute atomic E-state index is 5.32. The molecule has 4 heterocycles. The van der Waals surface area contributed by atoms with Gasteiger partial charge < -0.3 is 10.2 Å². The van der Waals surface area contributed by atoms with Crippen LogP contribution in [0.3, 0.4) is 0 Å². The van der Waals surface area contributed by atoms with E-state index in [9.17, 15) is 0 Å². The number of aromatic nitrogens is 5. The van der Waals surface area contributed by atoms with E-state index in [0.717, 1.165) is 60.0 Å². The lowest BCUT2D eigenvalue weighted by atomic mass is 9.98. The van der Waals surface area contributed by atoms with E-state index in [1.807, 2.05) is 28.9 Å². The number of anilines is 1. The maximum Gasteiger partial charge on any atom is 0.213 e. The molecule has 1 unspecified atom stereocenters. The van der Waals surface area contributed by atoms with Crippen molar-refractivity contribution >= 4 is 22.4 Å². The average molecular weight is 498 g/mol. The van der Waals surface area contributed by atoms with Crippen LogP contribution in [-0.4, -0.2) is 50.2 Å². The Kier molecular flexibility index (Phi) is 5.75. The minimum Gasteiger partial charge on any atom is -0.339 e. The van der Waals surface area contributed by atoms with Crippen LogP contribution in [-0.2, 0) is 6.42 Å². The Hall–Kier alpha value is -4.62. The highest BCUT2D eigenvalue weighted by Gasteiger charge is 2.26. The fourth-order valence-corrected chi connectivity index (χ4v) is 5.46. The summed E-state index contributed by atoms with van der Waals surface area (Å²) >= 11 is 0. The van der Waals surface area contributed by atoms with E-state index in [4.69, 9.17) is 4.98 Å². The van der Waals surface area contributed by atoms with E-state index >= 15 is 0 Å². The number of hydrogen-bond donors (Lipinski definition) is 1. The summed E-state index contributed by atoms with van der Waals surface area (Å²) in [5, 5.41) is 15.0. The summed E-state index contributed by atoms with van der Waals surface area (Å²) in [7, 11) is 0. The van der Waals surface area contributed by atoms with Gasteiger partial charge in [0.1, 0.15) is 6.33 Å². The van der Waals surface area contributed by atoms with Crippen molar-refractivity contribution in [1.29, 1.82) is 0 Å². The van der Waals surface area contributed by atoms with Crippen LogP contribution in [0.15, 0.2) is 104 Å². The second kappa shape index (κ2) is 9.68. The van der Waals surface area contributed by atoms with Crippen LogP contribution in [0.25, 0.3) is 38.8 Å². The average Bonchev–Trinajstić information content (AvgIpc) is 3.47. The largest absolute Gasteiger partial charge is 0.339 e. The second-order valence-corrected chi connectivity index (χ2v) is 9.74. The number of hydrogen-bond acceptors (Lipinski definition) is 6. The molecule has 1 aliphatic heterocycles. The molecule has 0 bridgehead atoms. The number of nitrogens with one attached hydrogen (secondary N) is 1. The normalized spacial score (nSPS) is 15.8. The molecule has 1 fully saturated rings. The number of rotatable bonds is 5. The molecule has 186 valence electrons. The van der Waals surface area contributed by atoms with Crippen LogP contribution in [0.1, 0.15) is 5.56 Å². The monoisotopic (exact) mass is 497 g/mol. The van der Waals surface area contributed by atoms with E-state index in [1.54, 1.807) is 6.33 Å². The van der Waals surface area contributed by atoms with Crippen LogP contribution in [0, 0.1) is 0 Å². The lowest BCUT2D eigenvalue weighted by Gasteiger charge is -2.35. The molecule has 6 aromatic rings. The molecule has 0 aliphatic carbocycles. The van der Waals surface area contributed by atoms with Gasteiger partial charge in [-0.1, -0.05) is 66.7 Å². The van der Waals surface area contributed by atoms with Gasteiger partial charge in [-0.3, -0.25) is 9.38 Å². The quantitative estimate of drug-likeness (QED) is 0.360. The fourth-order valence-electron chi connectivity index (χ4n) is 5.46. The highest BCUT2D eigenvalue weighted by molar-refractivity contribution is 5.95. The van der Waals surface area contributed by atoms with Crippen molar-refractivity contribution in [1.82, 2.24) is 29.9 Å². The topological polar surface area (TPSA) is 71.2 Å². The van der Waals surface area contributed by atoms with Gasteiger partial charge in [-0.25, -0.2) is 4.98 Å². The molecule has 7 heteroatoms. The maximum atomic E-state index is 5.32. The summed E-state index contributed by atoms with van der Waals surface area (Å²) in [5.74, 6) is 0.862. The van der Waals surface area contributed by atoms with Gasteiger partial charge in [0.2, 0.25) is 5.95 Å². The minimum atomic E-state index is 0.323. The van der Waals surface area contributed by atoms with Gasteiger partial charge in [-0.15, -0.1) is 10.2 Å². The first kappa shape index (κ1) is 22.6. The van der Waals surface area contributed by atoms with Crippen LogP contribution in [0.5, 0.6) is 0 Å². The van der Waals surface area contributed by atoms with Gasteiger partial charge in [0.15, 0.2) is 5.65 Å². The van der Waals surface area contributed by atoms with Gasteiger partial charge in [0.25, 0.3) is 0 Å². The van der Waals surface area contributed by atoms with E-state index < -0.39 is 0 Å². The Labute approximate surface area is 220 Å². The van der Waals surface area contributed by atoms with Crippen LogP contribution in [0.2, 0.25) is 0 Å². The van der Waals surface area contributed by atoms with Crippen molar-refractivity contribution in [3.63, 3.8) is 0 Å². The zero-order valence-corrected chi connectivity index (χ0v) is 20.9. The lowest BCUT2D eigenvalue weighted by molar-refractivity contribution is 0.449. The van der Waals surface area contributed by atoms with Gasteiger partial charge >= 0.3 is 0 Å². The number of pyridine rings is 1. The Morgan fingerprint density at radius 2 is 1.66 bits per heavy atom. The molecular formula is C31H27N7. The zero-order valence-electron chi connectivity index (χ0n) is 20.9. The zero-order chi connectivity index (χ0) is 25.3. The molecule has 3 aromatic carbocycles. The highest BCUT2D eigenvalue weighted by Crippen LogP contribution is 2.37. The third-order valence-corrected chi connectivity index (χ3v) is 7.29. The van der Waals surface area contributed by atoms with E-state index in [0.29, 0.717) is 6.04 Å². The van der Waals surface area contributed by atoms with Gasteiger partial charge in [-0.05, 0) is 46.5 Å². The van der Waals surface area contributed by atoms with Crippen LogP contribution in [0.4, 0.5) is 5.95 Å². The molecule has 3 aromatic heterocycles. The number of benzene rings is 3. The molecule has 1 aliphatic rings. The summed E-state index contributed by atoms with van der Waals surface area (Å²) in [6, 6.07) is 29.9. The molecule has 0 saturated carbocycles. The van der Waals surface area contributed by atoms with Crippen LogP contribution < -0.4 is 10.2 Å². The van der Waals surface area contributed by atoms with Crippen molar-refractivity contribution in [3.8, 4) is 22.4 Å². The highest BCUT2D eigenvalue weighted by atomic mass is 15.4. The minimum absolute atomic E-state index is 0.323. The standard InChI is InChI=1S/C31H27N7/c1-2-6-22(7-3-1)18-27-20-37(17-16-33-27)31-35-29(24-12-14-32-15-13-24)28(30-36-34-21-38(30)31)26-11-10-23-8-4-5-9-25(23)19-26/h1-15,19,21,27,33H,16-18,20H2. The molecule has 0 radical (unpaired) electrons. The van der Waals surface area contributed by atoms with Crippen molar-refractivity contribution in [2.75, 3.05) is 24.5 Å². The first-order valence-electron chi connectivity index (χ1n) is 13.0. The predicted octanol–water partition coefficient (Wildman–Crippen LogP) is 5.03. The van der Waals surface area contributed by atoms with Gasteiger partial charge in [0, 0.05) is 43.6 Å². The molecule has 1 N–H and O–H groups in total. The first-order valence-corrected chi connectivity index (χ1v) is 13.0. The molecule has 0 spiro atoms. The Balaban J connectivity index is 1.36. The Bertz CT molecular complexity index is 1710. The summed E-state index contributed by atoms with van der Waals surface area (Å²) in [6.07, 6.45) is 6.38. The fraction of sp³-hybridized carbons (Fsp3) is 0.161. The predicted molar refractivity (Wildman–Crippen MR) is 151 cm³/mol. The molecule has 0 amide bonds. The van der Waals surface area contributed by atoms with E-state index in [-0.39, 0.29) is 0 Å². The lowest BCUT2D eigenvalue weighted by Crippen LogP contribution is -2.52. The number of fused-ring (bicyclic) bond motifs is 2. The second-order valence-electron chi connectivity index (χ2n) is 9.74. The van der Waals surface area contributed by atoms with E-state index in [2.05, 4.69) is 98.2 Å². The van der Waals surface area contributed by atoms with Crippen molar-refractivity contribution in [2.24, 2.45) is 0 Å². The summed E-state index contributed by atoms with van der Waals surface area (Å²) in [5.41, 5.74) is 6.06. The first-order chi connectivity index (χ1) is 18.8. The molecule has 38 heavy (non-hydrogen) atoms. The molecule has 1 atom stereocenters. The molecule has 1 saturated heterocycles. The smallest absolute Gasteiger partial charge is 0.213 e. The van der Waals surface area contributed by atoms with Crippen molar-refractivity contribution < 1.29 is 0 Å². The van der Waals surface area contributed by atoms with E-state index in [1.165, 1.54) is 16.3 Å². The van der Waals surface area contributed by atoms with Crippen molar-refractivity contribution in [3.05, 3.63) is 109 Å². The third-order valence-electron chi connectivity index (χ3n) is 7.29. The molecule has 7 rings (SSSR count). The summed E-state index contributed by atoms with van der Waals surface area (Å²) < 4.78 is 2.04. The molecule has 7 nitrogen and oxygen atoms in total. The van der Waals surface area contributed by atoms with Gasteiger partial charge in [0.05, 0.1) is 11.3 Å². The summed E-state index contributed by atoms with van der Waals surface area (Å²) in [6.45, 7) is 2.59. The number of piperazine rings is 1. The molecular weight excluding hydrogens is 470 g/mol. The third kappa shape index (κ3) is 4.17. The number of nitrogens with zero attached hydrogens (tertiary/aromatic N) is 6.